The highest BCUT2D eigenvalue weighted by Gasteiger charge is 1.96. The van der Waals surface area contributed by atoms with Gasteiger partial charge in [0.25, 0.3) is 0 Å². The van der Waals surface area contributed by atoms with Gasteiger partial charge in [-0.05, 0) is 12.5 Å². The number of hydrogen-bond donors (Lipinski definition) is 0. The molecule has 0 N–H and O–H groups in total. The van der Waals surface area contributed by atoms with E-state index in [0.29, 0.717) is 0 Å². The Kier molecular flexibility index (Phi) is 3.76. The molecule has 0 fully saturated rings. The maximum Gasteiger partial charge on any atom is 0.108 e. The monoisotopic (exact) mass is 226 g/mol. The number of hydrogen-bond acceptors (Lipinski definition) is 1. The van der Waals surface area contributed by atoms with Gasteiger partial charge in [-0.25, -0.2) is 4.98 Å². The summed E-state index contributed by atoms with van der Waals surface area (Å²) in [6.45, 7) is 5.12. The molecule has 1 aromatic carbocycles. The van der Waals surface area contributed by atoms with Crippen LogP contribution in [0.4, 0.5) is 0 Å². The van der Waals surface area contributed by atoms with Crippen LogP contribution in [0.25, 0.3) is 6.08 Å². The van der Waals surface area contributed by atoms with Gasteiger partial charge >= 0.3 is 0 Å². The Balaban J connectivity index is 2.00. The fourth-order valence-electron chi connectivity index (χ4n) is 1.80. The summed E-state index contributed by atoms with van der Waals surface area (Å²) in [7, 11) is 0. The van der Waals surface area contributed by atoms with E-state index in [1.165, 1.54) is 11.1 Å². The highest BCUT2D eigenvalue weighted by molar-refractivity contribution is 5.49. The average Bonchev–Trinajstić information content (AvgIpc) is 2.79. The minimum Gasteiger partial charge on any atom is -0.331 e. The minimum absolute atomic E-state index is 0.886. The second-order valence-electron chi connectivity index (χ2n) is 4.16. The van der Waals surface area contributed by atoms with E-state index in [0.717, 1.165) is 18.8 Å². The molecule has 0 unspecified atom stereocenters. The van der Waals surface area contributed by atoms with Crippen LogP contribution in [0.1, 0.15) is 23.9 Å². The average molecular weight is 226 g/mol. The number of imidazole rings is 1. The Bertz CT molecular complexity index is 492. The summed E-state index contributed by atoms with van der Waals surface area (Å²) < 4.78 is 2.17. The summed E-state index contributed by atoms with van der Waals surface area (Å²) in [5.41, 5.74) is 2.54. The Morgan fingerprint density at radius 1 is 1.24 bits per heavy atom. The van der Waals surface area contributed by atoms with Crippen LogP contribution in [0.5, 0.6) is 0 Å². The number of aryl methyl sites for hydroxylation is 2. The van der Waals surface area contributed by atoms with Gasteiger partial charge in [-0.3, -0.25) is 0 Å². The Morgan fingerprint density at radius 3 is 2.71 bits per heavy atom. The Labute approximate surface area is 103 Å². The first kappa shape index (κ1) is 11.6. The van der Waals surface area contributed by atoms with Crippen molar-refractivity contribution in [2.45, 2.75) is 26.8 Å². The fourth-order valence-corrected chi connectivity index (χ4v) is 1.80. The maximum atomic E-state index is 4.30. The second kappa shape index (κ2) is 5.48. The molecule has 0 aliphatic carbocycles. The van der Waals surface area contributed by atoms with Crippen molar-refractivity contribution < 1.29 is 0 Å². The molecule has 0 saturated carbocycles. The number of rotatable bonds is 4. The predicted octanol–water partition coefficient (Wildman–Crippen LogP) is 3.47. The molecular weight excluding hydrogens is 208 g/mol. The number of benzene rings is 1. The summed E-state index contributed by atoms with van der Waals surface area (Å²) in [5.74, 6) is 1.14. The summed E-state index contributed by atoms with van der Waals surface area (Å²) in [6, 6.07) is 8.55. The third kappa shape index (κ3) is 3.06. The zero-order valence-electron chi connectivity index (χ0n) is 10.4. The molecule has 0 amide bonds. The Hall–Kier alpha value is -1.83. The quantitative estimate of drug-likeness (QED) is 0.780. The zero-order chi connectivity index (χ0) is 12.1. The van der Waals surface area contributed by atoms with Crippen LogP contribution in [0, 0.1) is 6.92 Å². The Morgan fingerprint density at radius 2 is 2.00 bits per heavy atom. The van der Waals surface area contributed by atoms with Gasteiger partial charge in [-0.2, -0.15) is 0 Å². The van der Waals surface area contributed by atoms with Crippen LogP contribution < -0.4 is 0 Å². The van der Waals surface area contributed by atoms with Crippen molar-refractivity contribution in [1.29, 1.82) is 0 Å². The number of allylic oxidation sites excluding steroid dienone is 1. The van der Waals surface area contributed by atoms with Gasteiger partial charge in [0.1, 0.15) is 5.82 Å². The largest absolute Gasteiger partial charge is 0.331 e. The van der Waals surface area contributed by atoms with E-state index in [9.17, 15) is 0 Å². The van der Waals surface area contributed by atoms with Gasteiger partial charge in [0.2, 0.25) is 0 Å². The zero-order valence-corrected chi connectivity index (χ0v) is 10.4. The normalized spacial score (nSPS) is 11.2. The molecule has 17 heavy (non-hydrogen) atoms. The molecule has 2 nitrogen and oxygen atoms in total. The first-order chi connectivity index (χ1) is 8.29. The molecule has 88 valence electrons. The molecule has 0 saturated heterocycles. The van der Waals surface area contributed by atoms with Crippen LogP contribution in [0.3, 0.4) is 0 Å². The molecule has 0 aliphatic heterocycles. The third-order valence-electron chi connectivity index (χ3n) is 2.81. The highest BCUT2D eigenvalue weighted by atomic mass is 15.0. The van der Waals surface area contributed by atoms with E-state index in [1.807, 2.05) is 12.4 Å². The van der Waals surface area contributed by atoms with Crippen LogP contribution in [0.2, 0.25) is 0 Å². The molecule has 2 aromatic rings. The number of aromatic nitrogens is 2. The lowest BCUT2D eigenvalue weighted by molar-refractivity contribution is 0.749. The first-order valence-electron chi connectivity index (χ1n) is 6.03. The van der Waals surface area contributed by atoms with Gasteiger partial charge < -0.3 is 4.57 Å². The fraction of sp³-hybridized carbons (Fsp3) is 0.267. The summed E-state index contributed by atoms with van der Waals surface area (Å²) in [4.78, 5) is 4.30. The number of nitrogens with zero attached hydrogens (tertiary/aromatic N) is 2. The van der Waals surface area contributed by atoms with Crippen LogP contribution in [-0.4, -0.2) is 9.55 Å². The summed E-state index contributed by atoms with van der Waals surface area (Å²) in [6.07, 6.45) is 9.19. The van der Waals surface area contributed by atoms with Crippen molar-refractivity contribution in [3.05, 3.63) is 59.7 Å². The molecule has 1 heterocycles. The van der Waals surface area contributed by atoms with Crippen molar-refractivity contribution in [2.75, 3.05) is 0 Å². The van der Waals surface area contributed by atoms with Crippen molar-refractivity contribution >= 4 is 6.08 Å². The van der Waals surface area contributed by atoms with E-state index in [-0.39, 0.29) is 0 Å². The van der Waals surface area contributed by atoms with Gasteiger partial charge in [-0.15, -0.1) is 0 Å². The molecule has 0 atom stereocenters. The van der Waals surface area contributed by atoms with Crippen molar-refractivity contribution in [3.63, 3.8) is 0 Å². The van der Waals surface area contributed by atoms with Crippen LogP contribution in [-0.2, 0) is 13.0 Å². The van der Waals surface area contributed by atoms with Crippen molar-refractivity contribution in [2.24, 2.45) is 0 Å². The van der Waals surface area contributed by atoms with E-state index in [4.69, 9.17) is 0 Å². The summed E-state index contributed by atoms with van der Waals surface area (Å²) in [5, 5.41) is 0. The smallest absolute Gasteiger partial charge is 0.108 e. The second-order valence-corrected chi connectivity index (χ2v) is 4.16. The standard InChI is InChI=1S/C15H18N2/c1-3-15-16-10-12-17(15)11-4-5-14-8-6-13(2)7-9-14/h4-10,12H,3,11H2,1-2H3/b5-4+. The maximum absolute atomic E-state index is 4.30. The highest BCUT2D eigenvalue weighted by Crippen LogP contribution is 2.06. The van der Waals surface area contributed by atoms with E-state index < -0.39 is 0 Å². The lowest BCUT2D eigenvalue weighted by Gasteiger charge is -2.01. The molecule has 0 radical (unpaired) electrons. The van der Waals surface area contributed by atoms with Gasteiger partial charge in [0, 0.05) is 25.4 Å². The molecule has 2 rings (SSSR count). The van der Waals surface area contributed by atoms with Crippen LogP contribution in [0.15, 0.2) is 42.7 Å². The van der Waals surface area contributed by atoms with Crippen molar-refractivity contribution in [1.82, 2.24) is 9.55 Å². The van der Waals surface area contributed by atoms with E-state index >= 15 is 0 Å². The topological polar surface area (TPSA) is 17.8 Å². The lowest BCUT2D eigenvalue weighted by atomic mass is 10.1. The van der Waals surface area contributed by atoms with Crippen LogP contribution >= 0.6 is 0 Å². The van der Waals surface area contributed by atoms with E-state index in [1.54, 1.807) is 0 Å². The molecule has 2 heteroatoms. The molecular formula is C15H18N2. The molecule has 0 bridgehead atoms. The molecule has 0 aliphatic rings. The van der Waals surface area contributed by atoms with Crippen molar-refractivity contribution in [3.8, 4) is 0 Å². The minimum atomic E-state index is 0.886. The molecule has 1 aromatic heterocycles. The predicted molar refractivity (Wildman–Crippen MR) is 71.8 cm³/mol. The first-order valence-corrected chi connectivity index (χ1v) is 6.03. The SMILES string of the molecule is CCc1nccn1C/C=C/c1ccc(C)cc1. The summed E-state index contributed by atoms with van der Waals surface area (Å²) >= 11 is 0. The third-order valence-corrected chi connectivity index (χ3v) is 2.81. The lowest BCUT2D eigenvalue weighted by Crippen LogP contribution is -1.99. The van der Waals surface area contributed by atoms with Gasteiger partial charge in [0.05, 0.1) is 0 Å². The molecule has 0 spiro atoms. The van der Waals surface area contributed by atoms with Gasteiger partial charge in [-0.1, -0.05) is 48.9 Å². The van der Waals surface area contributed by atoms with E-state index in [2.05, 4.69) is 59.8 Å². The van der Waals surface area contributed by atoms with Gasteiger partial charge in [0.15, 0.2) is 0 Å².